The van der Waals surface area contributed by atoms with Gasteiger partial charge in [0.05, 0.1) is 0 Å². The van der Waals surface area contributed by atoms with Gasteiger partial charge in [0.2, 0.25) is 0 Å². The Bertz CT molecular complexity index is 359. The van der Waals surface area contributed by atoms with E-state index < -0.39 is 0 Å². The van der Waals surface area contributed by atoms with Gasteiger partial charge < -0.3 is 10.8 Å². The number of aliphatic hydroxyl groups excluding tert-OH is 1. The van der Waals surface area contributed by atoms with E-state index in [1.807, 2.05) is 24.3 Å². The number of nitrogens with two attached hydrogens (primary N) is 1. The van der Waals surface area contributed by atoms with Crippen molar-refractivity contribution in [1.29, 1.82) is 0 Å². The molecule has 0 atom stereocenters. The van der Waals surface area contributed by atoms with Crippen LogP contribution in [0.15, 0.2) is 24.3 Å². The molecule has 66 valence electrons. The van der Waals surface area contributed by atoms with Gasteiger partial charge in [0.15, 0.2) is 0 Å². The molecule has 1 rings (SSSR count). The first-order valence-electron chi connectivity index (χ1n) is 3.73. The minimum absolute atomic E-state index is 0.128. The van der Waals surface area contributed by atoms with Crippen molar-refractivity contribution < 1.29 is 5.11 Å². The summed E-state index contributed by atoms with van der Waals surface area (Å²) in [5.41, 5.74) is 7.08. The first kappa shape index (κ1) is 9.72. The van der Waals surface area contributed by atoms with Crippen LogP contribution >= 0.6 is 12.2 Å². The van der Waals surface area contributed by atoms with Crippen molar-refractivity contribution in [3.8, 4) is 11.8 Å². The van der Waals surface area contributed by atoms with Crippen LogP contribution in [0.25, 0.3) is 0 Å². The zero-order chi connectivity index (χ0) is 9.68. The third kappa shape index (κ3) is 2.86. The lowest BCUT2D eigenvalue weighted by atomic mass is 10.1. The molecule has 0 saturated carbocycles. The molecule has 0 aromatic heterocycles. The molecule has 0 radical (unpaired) electrons. The Labute approximate surface area is 82.4 Å². The summed E-state index contributed by atoms with van der Waals surface area (Å²) in [5, 5.41) is 8.46. The zero-order valence-corrected chi connectivity index (χ0v) is 7.77. The summed E-state index contributed by atoms with van der Waals surface area (Å²) in [6.07, 6.45) is 0. The molecule has 0 aliphatic carbocycles. The maximum absolute atomic E-state index is 8.46. The van der Waals surface area contributed by atoms with Crippen molar-refractivity contribution in [2.75, 3.05) is 6.61 Å². The number of aliphatic hydroxyl groups is 1. The van der Waals surface area contributed by atoms with Crippen molar-refractivity contribution in [3.63, 3.8) is 0 Å². The van der Waals surface area contributed by atoms with E-state index in [4.69, 9.17) is 23.1 Å². The lowest BCUT2D eigenvalue weighted by molar-refractivity contribution is 0.350. The van der Waals surface area contributed by atoms with Gasteiger partial charge in [-0.3, -0.25) is 0 Å². The molecule has 0 fully saturated rings. The summed E-state index contributed by atoms with van der Waals surface area (Å²) in [5.74, 6) is 5.33. The van der Waals surface area contributed by atoms with Crippen LogP contribution in [-0.2, 0) is 0 Å². The van der Waals surface area contributed by atoms with Crippen molar-refractivity contribution in [3.05, 3.63) is 35.4 Å². The molecule has 1 aromatic carbocycles. The van der Waals surface area contributed by atoms with Crippen LogP contribution in [0.3, 0.4) is 0 Å². The number of benzene rings is 1. The van der Waals surface area contributed by atoms with Gasteiger partial charge in [0.25, 0.3) is 0 Å². The standard InChI is InChI=1S/C10H9NOS/c11-10(13)9-5-3-8(4-6-9)2-1-7-12/h3-6,12H,7H2,(H2,11,13). The molecule has 1 aromatic rings. The maximum Gasteiger partial charge on any atom is 0.104 e. The molecule has 0 bridgehead atoms. The topological polar surface area (TPSA) is 46.2 Å². The zero-order valence-electron chi connectivity index (χ0n) is 6.95. The van der Waals surface area contributed by atoms with Crippen molar-refractivity contribution in [2.45, 2.75) is 0 Å². The van der Waals surface area contributed by atoms with Gasteiger partial charge in [-0.05, 0) is 12.1 Å². The van der Waals surface area contributed by atoms with Crippen LogP contribution in [0.5, 0.6) is 0 Å². The lowest BCUT2D eigenvalue weighted by Gasteiger charge is -1.96. The van der Waals surface area contributed by atoms with Crippen LogP contribution in [0.4, 0.5) is 0 Å². The molecule has 0 aliphatic rings. The highest BCUT2D eigenvalue weighted by Gasteiger charge is 1.93. The molecule has 0 spiro atoms. The van der Waals surface area contributed by atoms with Crippen molar-refractivity contribution in [2.24, 2.45) is 5.73 Å². The van der Waals surface area contributed by atoms with Crippen LogP contribution in [-0.4, -0.2) is 16.7 Å². The summed E-state index contributed by atoms with van der Waals surface area (Å²) in [4.78, 5) is 0.377. The SMILES string of the molecule is NC(=S)c1ccc(C#CCO)cc1. The molecule has 13 heavy (non-hydrogen) atoms. The number of rotatable bonds is 1. The highest BCUT2D eigenvalue weighted by Crippen LogP contribution is 2.02. The van der Waals surface area contributed by atoms with E-state index >= 15 is 0 Å². The molecule has 0 heterocycles. The average Bonchev–Trinajstić information content (AvgIpc) is 2.15. The Kier molecular flexibility index (Phi) is 3.44. The molecular weight excluding hydrogens is 182 g/mol. The van der Waals surface area contributed by atoms with Crippen molar-refractivity contribution >= 4 is 17.2 Å². The van der Waals surface area contributed by atoms with Gasteiger partial charge in [0.1, 0.15) is 11.6 Å². The summed E-state index contributed by atoms with van der Waals surface area (Å²) < 4.78 is 0. The Hall–Kier alpha value is -1.37. The number of thiocarbonyl (C=S) groups is 1. The van der Waals surface area contributed by atoms with Crippen LogP contribution in [0.1, 0.15) is 11.1 Å². The van der Waals surface area contributed by atoms with E-state index in [9.17, 15) is 0 Å². The fourth-order valence-corrected chi connectivity index (χ4v) is 0.996. The molecular formula is C10H9NOS. The number of hydrogen-bond acceptors (Lipinski definition) is 2. The second-order valence-electron chi connectivity index (χ2n) is 2.40. The monoisotopic (exact) mass is 191 g/mol. The second kappa shape index (κ2) is 4.61. The lowest BCUT2D eigenvalue weighted by Crippen LogP contribution is -2.08. The summed E-state index contributed by atoms with van der Waals surface area (Å²) >= 11 is 4.79. The van der Waals surface area contributed by atoms with Gasteiger partial charge in [-0.2, -0.15) is 0 Å². The fraction of sp³-hybridized carbons (Fsp3) is 0.100. The number of hydrogen-bond donors (Lipinski definition) is 2. The minimum atomic E-state index is -0.128. The van der Waals surface area contributed by atoms with Crippen LogP contribution in [0.2, 0.25) is 0 Å². The second-order valence-corrected chi connectivity index (χ2v) is 2.84. The molecule has 0 aliphatic heterocycles. The van der Waals surface area contributed by atoms with E-state index in [2.05, 4.69) is 11.8 Å². The average molecular weight is 191 g/mol. The smallest absolute Gasteiger partial charge is 0.104 e. The molecule has 3 heteroatoms. The van der Waals surface area contributed by atoms with E-state index in [1.54, 1.807) is 0 Å². The van der Waals surface area contributed by atoms with Gasteiger partial charge in [-0.25, -0.2) is 0 Å². The summed E-state index contributed by atoms with van der Waals surface area (Å²) in [6.45, 7) is -0.128. The summed E-state index contributed by atoms with van der Waals surface area (Å²) in [6, 6.07) is 7.25. The normalized spacial score (nSPS) is 8.69. The first-order chi connectivity index (χ1) is 6.24. The minimum Gasteiger partial charge on any atom is -0.389 e. The third-order valence-corrected chi connectivity index (χ3v) is 1.72. The molecule has 0 unspecified atom stereocenters. The Balaban J connectivity index is 2.87. The molecule has 2 nitrogen and oxygen atoms in total. The van der Waals surface area contributed by atoms with Gasteiger partial charge in [0, 0.05) is 11.1 Å². The largest absolute Gasteiger partial charge is 0.389 e. The van der Waals surface area contributed by atoms with Crippen LogP contribution in [0, 0.1) is 11.8 Å². The van der Waals surface area contributed by atoms with Crippen LogP contribution < -0.4 is 5.73 Å². The van der Waals surface area contributed by atoms with E-state index in [0.29, 0.717) is 4.99 Å². The predicted molar refractivity (Wildman–Crippen MR) is 56.3 cm³/mol. The fourth-order valence-electron chi connectivity index (χ4n) is 0.859. The Morgan fingerprint density at radius 2 is 2.00 bits per heavy atom. The highest BCUT2D eigenvalue weighted by atomic mass is 32.1. The van der Waals surface area contributed by atoms with Crippen molar-refractivity contribution in [1.82, 2.24) is 0 Å². The quantitative estimate of drug-likeness (QED) is 0.506. The highest BCUT2D eigenvalue weighted by molar-refractivity contribution is 7.80. The first-order valence-corrected chi connectivity index (χ1v) is 4.14. The van der Waals surface area contributed by atoms with E-state index in [-0.39, 0.29) is 6.61 Å². The Morgan fingerprint density at radius 3 is 2.46 bits per heavy atom. The molecule has 0 saturated heterocycles. The molecule has 3 N–H and O–H groups in total. The molecule has 0 amide bonds. The van der Waals surface area contributed by atoms with Gasteiger partial charge in [-0.1, -0.05) is 36.2 Å². The maximum atomic E-state index is 8.46. The van der Waals surface area contributed by atoms with E-state index in [0.717, 1.165) is 11.1 Å². The van der Waals surface area contributed by atoms with Gasteiger partial charge >= 0.3 is 0 Å². The third-order valence-electron chi connectivity index (χ3n) is 1.48. The Morgan fingerprint density at radius 1 is 1.38 bits per heavy atom. The predicted octanol–water partition coefficient (Wildman–Crippen LogP) is 0.665. The van der Waals surface area contributed by atoms with E-state index in [1.165, 1.54) is 0 Å². The van der Waals surface area contributed by atoms with Gasteiger partial charge in [-0.15, -0.1) is 0 Å². The summed E-state index contributed by atoms with van der Waals surface area (Å²) in [7, 11) is 0.